The highest BCUT2D eigenvalue weighted by molar-refractivity contribution is 6.02. The molecule has 4 rings (SSSR count). The van der Waals surface area contributed by atoms with Crippen LogP contribution in [-0.4, -0.2) is 48.9 Å². The third-order valence-corrected chi connectivity index (χ3v) is 5.37. The van der Waals surface area contributed by atoms with Crippen LogP contribution in [-0.2, 0) is 16.0 Å². The highest BCUT2D eigenvalue weighted by Gasteiger charge is 2.39. The van der Waals surface area contributed by atoms with Crippen molar-refractivity contribution in [2.45, 2.75) is 19.4 Å². The van der Waals surface area contributed by atoms with Crippen molar-refractivity contribution in [1.29, 1.82) is 0 Å². The van der Waals surface area contributed by atoms with Gasteiger partial charge in [0.15, 0.2) is 0 Å². The predicted octanol–water partition coefficient (Wildman–Crippen LogP) is 2.45. The molecule has 2 aromatic carbocycles. The quantitative estimate of drug-likeness (QED) is 0.819. The third-order valence-electron chi connectivity index (χ3n) is 5.37. The lowest BCUT2D eigenvalue weighted by molar-refractivity contribution is -0.134. The Hall–Kier alpha value is -2.89. The molecule has 0 saturated carbocycles. The first-order valence-electron chi connectivity index (χ1n) is 9.21. The molecule has 2 amide bonds. The van der Waals surface area contributed by atoms with Crippen LogP contribution in [0.25, 0.3) is 0 Å². The maximum absolute atomic E-state index is 13.5. The molecule has 2 aliphatic heterocycles. The van der Waals surface area contributed by atoms with E-state index in [0.717, 1.165) is 16.9 Å². The number of hydrogen-bond donors (Lipinski definition) is 0. The van der Waals surface area contributed by atoms with Crippen molar-refractivity contribution in [3.8, 4) is 0 Å². The van der Waals surface area contributed by atoms with Gasteiger partial charge in [-0.05, 0) is 29.8 Å². The number of carbonyl (C=O) groups is 2. The summed E-state index contributed by atoms with van der Waals surface area (Å²) in [7, 11) is 0. The van der Waals surface area contributed by atoms with E-state index in [-0.39, 0.29) is 17.6 Å². The largest absolute Gasteiger partial charge is 0.368 e. The molecular formula is C21H22FN3O2. The molecule has 0 radical (unpaired) electrons. The molecule has 0 aliphatic carbocycles. The first-order chi connectivity index (χ1) is 13.0. The van der Waals surface area contributed by atoms with Crippen LogP contribution in [0.4, 0.5) is 15.8 Å². The summed E-state index contributed by atoms with van der Waals surface area (Å²) in [5.74, 6) is -0.385. The van der Waals surface area contributed by atoms with Crippen LogP contribution in [0.15, 0.2) is 48.5 Å². The van der Waals surface area contributed by atoms with Gasteiger partial charge in [0.05, 0.1) is 0 Å². The lowest BCUT2D eigenvalue weighted by Crippen LogP contribution is -2.55. The lowest BCUT2D eigenvalue weighted by atomic mass is 10.1. The highest BCUT2D eigenvalue weighted by Crippen LogP contribution is 2.33. The van der Waals surface area contributed by atoms with E-state index < -0.39 is 6.04 Å². The molecule has 2 aliphatic rings. The van der Waals surface area contributed by atoms with Crippen LogP contribution >= 0.6 is 0 Å². The molecule has 0 bridgehead atoms. The third kappa shape index (κ3) is 3.27. The SMILES string of the molecule is CC(=O)N1c2ccccc2C[C@H]1C(=O)N1CCN(c2cccc(F)c2)CC1. The van der Waals surface area contributed by atoms with Crippen molar-refractivity contribution in [3.05, 3.63) is 59.9 Å². The Bertz CT molecular complexity index is 877. The van der Waals surface area contributed by atoms with E-state index in [1.807, 2.05) is 35.2 Å². The highest BCUT2D eigenvalue weighted by atomic mass is 19.1. The Morgan fingerprint density at radius 2 is 1.74 bits per heavy atom. The Kier molecular flexibility index (Phi) is 4.56. The second kappa shape index (κ2) is 7.02. The second-order valence-electron chi connectivity index (χ2n) is 7.03. The van der Waals surface area contributed by atoms with Gasteiger partial charge >= 0.3 is 0 Å². The van der Waals surface area contributed by atoms with E-state index >= 15 is 0 Å². The van der Waals surface area contributed by atoms with Gasteiger partial charge in [-0.3, -0.25) is 14.5 Å². The van der Waals surface area contributed by atoms with Gasteiger partial charge in [0, 0.05) is 50.9 Å². The number of piperazine rings is 1. The van der Waals surface area contributed by atoms with Crippen LogP contribution in [0.2, 0.25) is 0 Å². The van der Waals surface area contributed by atoms with Crippen LogP contribution in [0.5, 0.6) is 0 Å². The zero-order chi connectivity index (χ0) is 19.0. The Labute approximate surface area is 158 Å². The number of benzene rings is 2. The minimum absolute atomic E-state index is 0.0136. The van der Waals surface area contributed by atoms with Gasteiger partial charge in [-0.25, -0.2) is 4.39 Å². The first kappa shape index (κ1) is 17.5. The summed E-state index contributed by atoms with van der Waals surface area (Å²) in [4.78, 5) is 30.8. The zero-order valence-corrected chi connectivity index (χ0v) is 15.3. The monoisotopic (exact) mass is 367 g/mol. The number of amides is 2. The van der Waals surface area contributed by atoms with Gasteiger partial charge in [0.25, 0.3) is 0 Å². The maximum Gasteiger partial charge on any atom is 0.246 e. The summed E-state index contributed by atoms with van der Waals surface area (Å²) in [6.45, 7) is 3.93. The molecule has 0 unspecified atom stereocenters. The Morgan fingerprint density at radius 3 is 2.44 bits per heavy atom. The number of halogens is 1. The minimum atomic E-state index is -0.472. The van der Waals surface area contributed by atoms with E-state index in [2.05, 4.69) is 4.90 Å². The fourth-order valence-electron chi connectivity index (χ4n) is 4.04. The molecule has 2 aromatic rings. The predicted molar refractivity (Wildman–Crippen MR) is 102 cm³/mol. The second-order valence-corrected chi connectivity index (χ2v) is 7.03. The van der Waals surface area contributed by atoms with E-state index in [9.17, 15) is 14.0 Å². The molecule has 0 spiro atoms. The molecule has 27 heavy (non-hydrogen) atoms. The number of para-hydroxylation sites is 1. The number of fused-ring (bicyclic) bond motifs is 1. The summed E-state index contributed by atoms with van der Waals surface area (Å²) < 4.78 is 13.5. The summed E-state index contributed by atoms with van der Waals surface area (Å²) >= 11 is 0. The topological polar surface area (TPSA) is 43.9 Å². The summed E-state index contributed by atoms with van der Waals surface area (Å²) in [6.07, 6.45) is 0.554. The molecular weight excluding hydrogens is 345 g/mol. The molecule has 1 atom stereocenters. The van der Waals surface area contributed by atoms with Gasteiger partial charge in [-0.15, -0.1) is 0 Å². The molecule has 1 fully saturated rings. The number of carbonyl (C=O) groups excluding carboxylic acids is 2. The van der Waals surface area contributed by atoms with Gasteiger partial charge in [-0.1, -0.05) is 24.3 Å². The summed E-state index contributed by atoms with van der Waals surface area (Å²) in [5.41, 5.74) is 2.70. The molecule has 1 saturated heterocycles. The number of rotatable bonds is 2. The van der Waals surface area contributed by atoms with Crippen molar-refractivity contribution < 1.29 is 14.0 Å². The molecule has 0 N–H and O–H groups in total. The average molecular weight is 367 g/mol. The Balaban J connectivity index is 1.46. The van der Waals surface area contributed by atoms with Gasteiger partial charge < -0.3 is 9.80 Å². The number of hydrogen-bond acceptors (Lipinski definition) is 3. The molecule has 6 heteroatoms. The van der Waals surface area contributed by atoms with Crippen molar-refractivity contribution in [3.63, 3.8) is 0 Å². The maximum atomic E-state index is 13.5. The van der Waals surface area contributed by atoms with Crippen molar-refractivity contribution in [2.75, 3.05) is 36.0 Å². The van der Waals surface area contributed by atoms with E-state index in [1.165, 1.54) is 19.1 Å². The van der Waals surface area contributed by atoms with Gasteiger partial charge in [0.2, 0.25) is 11.8 Å². The molecule has 2 heterocycles. The number of anilines is 2. The number of nitrogens with zero attached hydrogens (tertiary/aromatic N) is 3. The fourth-order valence-corrected chi connectivity index (χ4v) is 4.04. The smallest absolute Gasteiger partial charge is 0.246 e. The zero-order valence-electron chi connectivity index (χ0n) is 15.3. The van der Waals surface area contributed by atoms with E-state index in [0.29, 0.717) is 32.6 Å². The van der Waals surface area contributed by atoms with Gasteiger partial charge in [-0.2, -0.15) is 0 Å². The van der Waals surface area contributed by atoms with Gasteiger partial charge in [0.1, 0.15) is 11.9 Å². The molecule has 5 nitrogen and oxygen atoms in total. The first-order valence-corrected chi connectivity index (χ1v) is 9.21. The Morgan fingerprint density at radius 1 is 1.00 bits per heavy atom. The van der Waals surface area contributed by atoms with Crippen LogP contribution in [0, 0.1) is 5.82 Å². The van der Waals surface area contributed by atoms with Crippen molar-refractivity contribution in [1.82, 2.24) is 4.90 Å². The van der Waals surface area contributed by atoms with Crippen molar-refractivity contribution in [2.24, 2.45) is 0 Å². The van der Waals surface area contributed by atoms with Crippen LogP contribution in [0.3, 0.4) is 0 Å². The van der Waals surface area contributed by atoms with Crippen LogP contribution in [0.1, 0.15) is 12.5 Å². The molecule has 0 aromatic heterocycles. The summed E-state index contributed by atoms with van der Waals surface area (Å²) in [5, 5.41) is 0. The van der Waals surface area contributed by atoms with E-state index in [4.69, 9.17) is 0 Å². The van der Waals surface area contributed by atoms with E-state index in [1.54, 1.807) is 11.0 Å². The summed E-state index contributed by atoms with van der Waals surface area (Å²) in [6, 6.07) is 13.7. The standard InChI is InChI=1S/C21H22FN3O2/c1-15(26)25-19-8-3-2-5-16(19)13-20(25)21(27)24-11-9-23(10-12-24)18-7-4-6-17(22)14-18/h2-8,14,20H,9-13H2,1H3/t20-/m0/s1. The molecule has 140 valence electrons. The van der Waals surface area contributed by atoms with Crippen LogP contribution < -0.4 is 9.80 Å². The fraction of sp³-hybridized carbons (Fsp3) is 0.333. The normalized spacial score (nSPS) is 19.2. The average Bonchev–Trinajstić information content (AvgIpc) is 3.07. The lowest BCUT2D eigenvalue weighted by Gasteiger charge is -2.38. The minimum Gasteiger partial charge on any atom is -0.368 e. The van der Waals surface area contributed by atoms with Crippen molar-refractivity contribution >= 4 is 23.2 Å².